The first-order valence-electron chi connectivity index (χ1n) is 7.20. The van der Waals surface area contributed by atoms with Gasteiger partial charge in [-0.15, -0.1) is 0 Å². The molecule has 1 atom stereocenters. The number of hydrogen-bond donors (Lipinski definition) is 2. The number of aromatic nitrogens is 1. The fraction of sp³-hybridized carbons (Fsp3) is 0.176. The Hall–Kier alpha value is -3.11. The first kappa shape index (κ1) is 15.8. The van der Waals surface area contributed by atoms with E-state index in [1.165, 1.54) is 17.0 Å². The molecule has 1 saturated heterocycles. The molecule has 1 aromatic carbocycles. The standard InChI is InChI=1S/C17H14FN3O3/c18-15-8-13(21-9-14(10-22)24-17(21)23)7-5-11(15)4-6-12-2-1-3-16(19)20-12/h1-3,5,7-8,14,22H,9-10H2,(H2,19,20)/t14-/m1/s1. The number of aliphatic hydroxyl groups excluding tert-OH is 1. The maximum Gasteiger partial charge on any atom is 0.414 e. The van der Waals surface area contributed by atoms with E-state index in [4.69, 9.17) is 15.6 Å². The van der Waals surface area contributed by atoms with Crippen LogP contribution < -0.4 is 10.6 Å². The predicted molar refractivity (Wildman–Crippen MR) is 85.7 cm³/mol. The van der Waals surface area contributed by atoms with Gasteiger partial charge in [0.05, 0.1) is 24.4 Å². The second-order valence-electron chi connectivity index (χ2n) is 5.16. The van der Waals surface area contributed by atoms with Gasteiger partial charge in [0, 0.05) is 0 Å². The molecule has 1 aromatic heterocycles. The van der Waals surface area contributed by atoms with E-state index in [1.807, 2.05) is 0 Å². The second kappa shape index (κ2) is 6.56. The van der Waals surface area contributed by atoms with Crippen molar-refractivity contribution >= 4 is 17.6 Å². The van der Waals surface area contributed by atoms with Crippen molar-refractivity contribution in [2.45, 2.75) is 6.10 Å². The highest BCUT2D eigenvalue weighted by Crippen LogP contribution is 2.23. The number of pyridine rings is 1. The molecule has 0 saturated carbocycles. The largest absolute Gasteiger partial charge is 0.441 e. The smallest absolute Gasteiger partial charge is 0.414 e. The van der Waals surface area contributed by atoms with Crippen LogP contribution in [0.2, 0.25) is 0 Å². The zero-order valence-electron chi connectivity index (χ0n) is 12.6. The van der Waals surface area contributed by atoms with E-state index in [0.29, 0.717) is 17.2 Å². The van der Waals surface area contributed by atoms with Gasteiger partial charge >= 0.3 is 6.09 Å². The molecule has 1 fully saturated rings. The third-order valence-electron chi connectivity index (χ3n) is 3.44. The van der Waals surface area contributed by atoms with E-state index in [9.17, 15) is 9.18 Å². The van der Waals surface area contributed by atoms with Crippen molar-refractivity contribution in [3.05, 3.63) is 53.5 Å². The first-order chi connectivity index (χ1) is 11.6. The van der Waals surface area contributed by atoms with Crippen molar-refractivity contribution in [2.75, 3.05) is 23.8 Å². The Morgan fingerprint density at radius 2 is 2.21 bits per heavy atom. The number of nitrogens with zero attached hydrogens (tertiary/aromatic N) is 2. The fourth-order valence-corrected chi connectivity index (χ4v) is 2.25. The van der Waals surface area contributed by atoms with Crippen molar-refractivity contribution in [3.8, 4) is 11.8 Å². The molecule has 2 aromatic rings. The van der Waals surface area contributed by atoms with Gasteiger partial charge in [0.15, 0.2) is 0 Å². The number of carbonyl (C=O) groups excluding carboxylic acids is 1. The van der Waals surface area contributed by atoms with E-state index in [0.717, 1.165) is 0 Å². The minimum atomic E-state index is -0.615. The number of nitrogens with two attached hydrogens (primary N) is 1. The number of hydrogen-bond acceptors (Lipinski definition) is 5. The Kier molecular flexibility index (Phi) is 4.31. The van der Waals surface area contributed by atoms with Crippen LogP contribution >= 0.6 is 0 Å². The molecule has 1 aliphatic rings. The number of amides is 1. The Morgan fingerprint density at radius 1 is 1.38 bits per heavy atom. The summed E-state index contributed by atoms with van der Waals surface area (Å²) in [5, 5.41) is 9.03. The summed E-state index contributed by atoms with van der Waals surface area (Å²) in [6.07, 6.45) is -1.22. The fourth-order valence-electron chi connectivity index (χ4n) is 2.25. The SMILES string of the molecule is Nc1cccc(C#Cc2ccc(N3C[C@H](CO)OC3=O)cc2F)n1. The molecular weight excluding hydrogens is 313 g/mol. The van der Waals surface area contributed by atoms with E-state index in [1.54, 1.807) is 24.3 Å². The lowest BCUT2D eigenvalue weighted by atomic mass is 10.1. The van der Waals surface area contributed by atoms with Gasteiger partial charge in [-0.05, 0) is 36.3 Å². The lowest BCUT2D eigenvalue weighted by molar-refractivity contribution is 0.0963. The molecule has 6 nitrogen and oxygen atoms in total. The summed E-state index contributed by atoms with van der Waals surface area (Å²) >= 11 is 0. The van der Waals surface area contributed by atoms with Crippen LogP contribution in [0.15, 0.2) is 36.4 Å². The third kappa shape index (κ3) is 3.29. The molecule has 0 spiro atoms. The number of cyclic esters (lactones) is 1. The van der Waals surface area contributed by atoms with Crippen molar-refractivity contribution in [1.29, 1.82) is 0 Å². The van der Waals surface area contributed by atoms with Gasteiger partial charge in [-0.25, -0.2) is 14.2 Å². The van der Waals surface area contributed by atoms with Crippen LogP contribution in [-0.4, -0.2) is 35.4 Å². The quantitative estimate of drug-likeness (QED) is 0.817. The van der Waals surface area contributed by atoms with Crippen LogP contribution in [0.5, 0.6) is 0 Å². The summed E-state index contributed by atoms with van der Waals surface area (Å²) in [5.41, 5.74) is 6.52. The molecule has 2 heterocycles. The third-order valence-corrected chi connectivity index (χ3v) is 3.44. The van der Waals surface area contributed by atoms with Gasteiger partial charge in [0.25, 0.3) is 0 Å². The minimum Gasteiger partial charge on any atom is -0.441 e. The van der Waals surface area contributed by atoms with Crippen LogP contribution in [0.1, 0.15) is 11.3 Å². The van der Waals surface area contributed by atoms with Gasteiger partial charge < -0.3 is 15.6 Å². The zero-order chi connectivity index (χ0) is 17.1. The highest BCUT2D eigenvalue weighted by atomic mass is 19.1. The molecule has 1 aliphatic heterocycles. The summed E-state index contributed by atoms with van der Waals surface area (Å²) in [6.45, 7) is -0.103. The molecule has 3 rings (SSSR count). The molecule has 3 N–H and O–H groups in total. The normalized spacial score (nSPS) is 16.5. The number of ether oxygens (including phenoxy) is 1. The monoisotopic (exact) mass is 327 g/mol. The molecule has 0 radical (unpaired) electrons. The van der Waals surface area contributed by atoms with Crippen molar-refractivity contribution in [1.82, 2.24) is 4.98 Å². The van der Waals surface area contributed by atoms with Crippen molar-refractivity contribution in [2.24, 2.45) is 0 Å². The number of anilines is 2. The molecule has 0 unspecified atom stereocenters. The van der Waals surface area contributed by atoms with Gasteiger partial charge in [-0.3, -0.25) is 4.90 Å². The number of rotatable bonds is 2. The van der Waals surface area contributed by atoms with E-state index >= 15 is 0 Å². The van der Waals surface area contributed by atoms with Gasteiger partial charge in [-0.1, -0.05) is 12.0 Å². The Morgan fingerprint density at radius 3 is 2.88 bits per heavy atom. The summed E-state index contributed by atoms with van der Waals surface area (Å²) in [4.78, 5) is 17.0. The Bertz CT molecular complexity index is 844. The lowest BCUT2D eigenvalue weighted by Gasteiger charge is -2.13. The van der Waals surface area contributed by atoms with Crippen molar-refractivity contribution < 1.29 is 19.0 Å². The molecule has 24 heavy (non-hydrogen) atoms. The van der Waals surface area contributed by atoms with Gasteiger partial charge in [-0.2, -0.15) is 0 Å². The van der Waals surface area contributed by atoms with E-state index in [-0.39, 0.29) is 18.7 Å². The number of carbonyl (C=O) groups is 1. The Labute approximate surface area is 137 Å². The number of halogens is 1. The molecule has 0 aliphatic carbocycles. The van der Waals surface area contributed by atoms with Crippen LogP contribution in [0, 0.1) is 17.7 Å². The molecule has 0 bridgehead atoms. The summed E-state index contributed by atoms with van der Waals surface area (Å²) in [5.74, 6) is 5.20. The molecule has 1 amide bonds. The van der Waals surface area contributed by atoms with Crippen LogP contribution in [0.3, 0.4) is 0 Å². The molecular formula is C17H14FN3O3. The predicted octanol–water partition coefficient (Wildman–Crippen LogP) is 1.52. The highest BCUT2D eigenvalue weighted by Gasteiger charge is 2.32. The highest BCUT2D eigenvalue weighted by molar-refractivity contribution is 5.89. The average Bonchev–Trinajstić information content (AvgIpc) is 2.95. The van der Waals surface area contributed by atoms with Gasteiger partial charge in [0.2, 0.25) is 0 Å². The molecule has 122 valence electrons. The van der Waals surface area contributed by atoms with Crippen molar-refractivity contribution in [3.63, 3.8) is 0 Å². The topological polar surface area (TPSA) is 88.7 Å². The van der Waals surface area contributed by atoms with Crippen LogP contribution in [0.25, 0.3) is 0 Å². The zero-order valence-corrected chi connectivity index (χ0v) is 12.6. The number of nitrogen functional groups attached to an aromatic ring is 1. The van der Waals surface area contributed by atoms with Crippen LogP contribution in [-0.2, 0) is 4.74 Å². The number of aliphatic hydroxyl groups is 1. The van der Waals surface area contributed by atoms with Crippen LogP contribution in [0.4, 0.5) is 20.7 Å². The van der Waals surface area contributed by atoms with Gasteiger partial charge in [0.1, 0.15) is 23.4 Å². The average molecular weight is 327 g/mol. The first-order valence-corrected chi connectivity index (χ1v) is 7.20. The Balaban J connectivity index is 1.82. The second-order valence-corrected chi connectivity index (χ2v) is 5.16. The molecule has 7 heteroatoms. The van der Waals surface area contributed by atoms with E-state index < -0.39 is 18.0 Å². The maximum atomic E-state index is 14.2. The number of benzene rings is 1. The summed E-state index contributed by atoms with van der Waals surface area (Å²) in [6, 6.07) is 9.27. The minimum absolute atomic E-state index is 0.174. The summed E-state index contributed by atoms with van der Waals surface area (Å²) < 4.78 is 19.1. The summed E-state index contributed by atoms with van der Waals surface area (Å²) in [7, 11) is 0. The lowest BCUT2D eigenvalue weighted by Crippen LogP contribution is -2.25. The van der Waals surface area contributed by atoms with E-state index in [2.05, 4.69) is 16.8 Å². The maximum absolute atomic E-state index is 14.2.